The van der Waals surface area contributed by atoms with E-state index in [4.69, 9.17) is 0 Å². The Kier molecular flexibility index (Phi) is 8.27. The van der Waals surface area contributed by atoms with Crippen LogP contribution in [0.1, 0.15) is 18.1 Å². The molecule has 0 bridgehead atoms. The molecule has 10 aromatic rings. The van der Waals surface area contributed by atoms with Gasteiger partial charge in [-0.25, -0.2) is 0 Å². The number of hydrogen-bond donors (Lipinski definition) is 0. The van der Waals surface area contributed by atoms with Gasteiger partial charge in [-0.3, -0.25) is 0 Å². The average Bonchev–Trinajstić information content (AvgIpc) is 3.26. The molecule has 1 heteroatoms. The van der Waals surface area contributed by atoms with Crippen molar-refractivity contribution in [1.29, 1.82) is 0 Å². The molecule has 10 rings (SSSR count). The van der Waals surface area contributed by atoms with Crippen LogP contribution in [0, 0.1) is 0 Å². The Balaban J connectivity index is 1.16. The van der Waals surface area contributed by atoms with Crippen LogP contribution in [-0.4, -0.2) is 0 Å². The lowest BCUT2D eigenvalue weighted by molar-refractivity contribution is 1.29. The van der Waals surface area contributed by atoms with Gasteiger partial charge in [0.1, 0.15) is 0 Å². The summed E-state index contributed by atoms with van der Waals surface area (Å²) in [4.78, 5) is 2.41. The molecule has 0 saturated heterocycles. The maximum Gasteiger partial charge on any atom is 0.0546 e. The van der Waals surface area contributed by atoms with Crippen LogP contribution >= 0.6 is 0 Å². The standard InChI is InChI=1S/C55H39N/c1-3-15-39-36-55(52-25-14-13-20-47(52)44(39)4-2)56(42-30-26-37(27-31-42)53-34-40-16-5-7-18-45(40)48-21-9-11-23-50(48)53)43-32-28-38(29-33-43)54-35-41-17-6-8-19-46(41)49-22-10-12-24-51(49)54/h3-36H,2H2,1H3/b15-3-. The molecule has 264 valence electrons. The lowest BCUT2D eigenvalue weighted by Crippen LogP contribution is -2.11. The van der Waals surface area contributed by atoms with Gasteiger partial charge in [-0.05, 0) is 131 Å². The van der Waals surface area contributed by atoms with E-state index in [1.807, 2.05) is 6.08 Å². The van der Waals surface area contributed by atoms with Crippen LogP contribution in [0.5, 0.6) is 0 Å². The first kappa shape index (κ1) is 33.4. The van der Waals surface area contributed by atoms with Crippen molar-refractivity contribution in [2.24, 2.45) is 0 Å². The Bertz CT molecular complexity index is 2990. The van der Waals surface area contributed by atoms with Gasteiger partial charge in [0.2, 0.25) is 0 Å². The largest absolute Gasteiger partial charge is 0.310 e. The van der Waals surface area contributed by atoms with E-state index in [1.54, 1.807) is 0 Å². The predicted molar refractivity (Wildman–Crippen MR) is 244 cm³/mol. The molecule has 0 aromatic heterocycles. The lowest BCUT2D eigenvalue weighted by Gasteiger charge is -2.28. The van der Waals surface area contributed by atoms with Gasteiger partial charge < -0.3 is 4.90 Å². The molecule has 0 aliphatic rings. The quantitative estimate of drug-likeness (QED) is 0.149. The number of allylic oxidation sites excluding steroid dienone is 1. The van der Waals surface area contributed by atoms with Crippen molar-refractivity contribution >= 4 is 83.1 Å². The molecular formula is C55H39N. The predicted octanol–water partition coefficient (Wildman–Crippen LogP) is 15.9. The smallest absolute Gasteiger partial charge is 0.0546 e. The van der Waals surface area contributed by atoms with Gasteiger partial charge >= 0.3 is 0 Å². The first-order chi connectivity index (χ1) is 27.7. The Morgan fingerprint density at radius 2 is 0.821 bits per heavy atom. The topological polar surface area (TPSA) is 3.24 Å². The second kappa shape index (κ2) is 13.9. The summed E-state index contributed by atoms with van der Waals surface area (Å²) in [5, 5.41) is 12.5. The van der Waals surface area contributed by atoms with E-state index in [0.29, 0.717) is 0 Å². The fourth-order valence-corrected chi connectivity index (χ4v) is 8.72. The van der Waals surface area contributed by atoms with Gasteiger partial charge in [-0.1, -0.05) is 170 Å². The SMILES string of the molecule is C=Cc1c(/C=C\C)cc(N(c2ccc(-c3cc4ccccc4c4ccccc34)cc2)c2ccc(-c3cc4ccccc4c4ccccc34)cc2)c2ccccc12. The van der Waals surface area contributed by atoms with Crippen molar-refractivity contribution < 1.29 is 0 Å². The molecule has 10 aromatic carbocycles. The van der Waals surface area contributed by atoms with E-state index in [0.717, 1.165) is 28.2 Å². The van der Waals surface area contributed by atoms with Gasteiger partial charge in [-0.2, -0.15) is 0 Å². The Labute approximate surface area is 327 Å². The van der Waals surface area contributed by atoms with Gasteiger partial charge in [0.05, 0.1) is 5.69 Å². The van der Waals surface area contributed by atoms with E-state index in [9.17, 15) is 0 Å². The second-order valence-corrected chi connectivity index (χ2v) is 14.5. The molecule has 1 nitrogen and oxygen atoms in total. The zero-order chi connectivity index (χ0) is 37.6. The molecule has 0 radical (unpaired) electrons. The molecule has 0 saturated carbocycles. The number of benzene rings is 10. The normalized spacial score (nSPS) is 11.7. The Hall–Kier alpha value is -7.22. The molecule has 0 heterocycles. The van der Waals surface area contributed by atoms with Gasteiger partial charge in [-0.15, -0.1) is 0 Å². The molecular weight excluding hydrogens is 675 g/mol. The van der Waals surface area contributed by atoms with Crippen LogP contribution in [0.25, 0.3) is 88.3 Å². The number of fused-ring (bicyclic) bond motifs is 7. The maximum atomic E-state index is 4.23. The lowest BCUT2D eigenvalue weighted by atomic mass is 9.92. The molecule has 0 unspecified atom stereocenters. The number of rotatable bonds is 7. The first-order valence-electron chi connectivity index (χ1n) is 19.3. The van der Waals surface area contributed by atoms with Crippen molar-refractivity contribution in [2.75, 3.05) is 4.90 Å². The Morgan fingerprint density at radius 1 is 0.411 bits per heavy atom. The fraction of sp³-hybridized carbons (Fsp3) is 0.0182. The summed E-state index contributed by atoms with van der Waals surface area (Å²) in [6.07, 6.45) is 6.28. The average molecular weight is 714 g/mol. The molecule has 0 amide bonds. The Morgan fingerprint density at radius 3 is 1.29 bits per heavy atom. The third-order valence-electron chi connectivity index (χ3n) is 11.3. The van der Waals surface area contributed by atoms with Crippen molar-refractivity contribution in [1.82, 2.24) is 0 Å². The van der Waals surface area contributed by atoms with E-state index < -0.39 is 0 Å². The van der Waals surface area contributed by atoms with Gasteiger partial charge in [0.15, 0.2) is 0 Å². The van der Waals surface area contributed by atoms with Crippen molar-refractivity contribution in [3.8, 4) is 22.3 Å². The highest BCUT2D eigenvalue weighted by molar-refractivity contribution is 6.15. The first-order valence-corrected chi connectivity index (χ1v) is 19.3. The third-order valence-corrected chi connectivity index (χ3v) is 11.3. The summed E-state index contributed by atoms with van der Waals surface area (Å²) < 4.78 is 0. The third kappa shape index (κ3) is 5.56. The highest BCUT2D eigenvalue weighted by Gasteiger charge is 2.20. The summed E-state index contributed by atoms with van der Waals surface area (Å²) >= 11 is 0. The molecule has 0 aliphatic heterocycles. The van der Waals surface area contributed by atoms with Crippen LogP contribution in [0.15, 0.2) is 201 Å². The summed E-state index contributed by atoms with van der Waals surface area (Å²) in [7, 11) is 0. The summed E-state index contributed by atoms with van der Waals surface area (Å²) in [6.45, 7) is 6.30. The van der Waals surface area contributed by atoms with Crippen LogP contribution in [0.4, 0.5) is 17.1 Å². The van der Waals surface area contributed by atoms with Crippen LogP contribution in [0.2, 0.25) is 0 Å². The highest BCUT2D eigenvalue weighted by atomic mass is 15.1. The summed E-state index contributed by atoms with van der Waals surface area (Å²) in [5.74, 6) is 0. The van der Waals surface area contributed by atoms with Crippen LogP contribution in [0.3, 0.4) is 0 Å². The number of hydrogen-bond acceptors (Lipinski definition) is 1. The van der Waals surface area contributed by atoms with Crippen molar-refractivity contribution in [3.05, 3.63) is 212 Å². The second-order valence-electron chi connectivity index (χ2n) is 14.5. The van der Waals surface area contributed by atoms with Crippen molar-refractivity contribution in [2.45, 2.75) is 6.92 Å². The zero-order valence-electron chi connectivity index (χ0n) is 31.3. The molecule has 0 fully saturated rings. The fourth-order valence-electron chi connectivity index (χ4n) is 8.72. The minimum absolute atomic E-state index is 1.09. The maximum absolute atomic E-state index is 4.23. The van der Waals surface area contributed by atoms with E-state index in [2.05, 4.69) is 219 Å². The van der Waals surface area contributed by atoms with E-state index >= 15 is 0 Å². The minimum Gasteiger partial charge on any atom is -0.310 e. The monoisotopic (exact) mass is 713 g/mol. The summed E-state index contributed by atoms with van der Waals surface area (Å²) in [5.41, 5.74) is 10.4. The summed E-state index contributed by atoms with van der Waals surface area (Å²) in [6, 6.07) is 68.8. The molecule has 0 aliphatic carbocycles. The zero-order valence-corrected chi connectivity index (χ0v) is 31.3. The molecule has 0 atom stereocenters. The minimum atomic E-state index is 1.09. The number of anilines is 3. The van der Waals surface area contributed by atoms with Gasteiger partial charge in [0, 0.05) is 16.8 Å². The van der Waals surface area contributed by atoms with Crippen molar-refractivity contribution in [3.63, 3.8) is 0 Å². The van der Waals surface area contributed by atoms with Crippen LogP contribution in [-0.2, 0) is 0 Å². The molecule has 56 heavy (non-hydrogen) atoms. The number of nitrogens with zero attached hydrogens (tertiary/aromatic N) is 1. The van der Waals surface area contributed by atoms with Gasteiger partial charge in [0.25, 0.3) is 0 Å². The van der Waals surface area contributed by atoms with E-state index in [1.165, 1.54) is 76.1 Å². The molecule has 0 N–H and O–H groups in total. The van der Waals surface area contributed by atoms with E-state index in [-0.39, 0.29) is 0 Å². The highest BCUT2D eigenvalue weighted by Crippen LogP contribution is 2.44. The van der Waals surface area contributed by atoms with Crippen LogP contribution < -0.4 is 4.90 Å². The molecule has 0 spiro atoms.